The Morgan fingerprint density at radius 1 is 1.18 bits per heavy atom. The average molecular weight is 166 g/mol. The monoisotopic (exact) mass is 166 g/mol. The Bertz CT molecular complexity index is 150. The topological polar surface area (TPSA) is 90.2 Å². The lowest BCUT2D eigenvalue weighted by Gasteiger charge is -2.36. The molecule has 1 aliphatic heterocycles. The molecule has 5 nitrogen and oxygen atoms in total. The molecule has 0 aliphatic carbocycles. The summed E-state index contributed by atoms with van der Waals surface area (Å²) in [6, 6.07) is 0. The van der Waals surface area contributed by atoms with Crippen LogP contribution in [0.15, 0.2) is 0 Å². The van der Waals surface area contributed by atoms with Gasteiger partial charge in [-0.15, -0.1) is 0 Å². The maximum absolute atomic E-state index is 9.18. The summed E-state index contributed by atoms with van der Waals surface area (Å²) in [7, 11) is 0. The van der Waals surface area contributed by atoms with Gasteiger partial charge in [0.05, 0.1) is 6.10 Å². The van der Waals surface area contributed by atoms with Gasteiger partial charge in [0.15, 0.2) is 6.29 Å². The average Bonchev–Trinajstić information content (AvgIpc) is 2.08. The summed E-state index contributed by atoms with van der Waals surface area (Å²) in [5.41, 5.74) is 0. The van der Waals surface area contributed by atoms with Gasteiger partial charge in [0.2, 0.25) is 1.43 Å². The molecular weight excluding hydrogens is 152 g/mol. The SMILES string of the molecule is [3H]O[C@H]1OC(C)[C@H](O)[C@H](O)C1O. The number of rotatable bonds is 1. The van der Waals surface area contributed by atoms with Crippen molar-refractivity contribution in [2.45, 2.75) is 37.6 Å². The summed E-state index contributed by atoms with van der Waals surface area (Å²) in [4.78, 5) is 0. The van der Waals surface area contributed by atoms with Gasteiger partial charge in [0, 0.05) is 0 Å². The third-order valence-electron chi connectivity index (χ3n) is 1.81. The summed E-state index contributed by atoms with van der Waals surface area (Å²) in [5.74, 6) is 0. The van der Waals surface area contributed by atoms with E-state index in [9.17, 15) is 10.2 Å². The van der Waals surface area contributed by atoms with Gasteiger partial charge in [-0.2, -0.15) is 0 Å². The molecule has 1 saturated heterocycles. The fourth-order valence-corrected chi connectivity index (χ4v) is 1.01. The molecular formula is C6H12O5. The highest BCUT2D eigenvalue weighted by Gasteiger charge is 2.40. The molecule has 0 spiro atoms. The van der Waals surface area contributed by atoms with Gasteiger partial charge >= 0.3 is 0 Å². The molecule has 11 heavy (non-hydrogen) atoms. The van der Waals surface area contributed by atoms with Crippen LogP contribution in [-0.4, -0.2) is 52.6 Å². The van der Waals surface area contributed by atoms with Crippen molar-refractivity contribution in [2.75, 3.05) is 0 Å². The van der Waals surface area contributed by atoms with Crippen LogP contribution in [0.5, 0.6) is 0 Å². The molecule has 0 amide bonds. The fourth-order valence-electron chi connectivity index (χ4n) is 1.01. The van der Waals surface area contributed by atoms with Gasteiger partial charge < -0.3 is 25.2 Å². The van der Waals surface area contributed by atoms with E-state index in [4.69, 9.17) is 11.3 Å². The normalized spacial score (nSPS) is 53.8. The lowest BCUT2D eigenvalue weighted by molar-refractivity contribution is -0.277. The van der Waals surface area contributed by atoms with Crippen LogP contribution in [0.2, 0.25) is 0 Å². The van der Waals surface area contributed by atoms with Crippen molar-refractivity contribution in [3.05, 3.63) is 0 Å². The first-order chi connectivity index (χ1) is 5.57. The Morgan fingerprint density at radius 3 is 2.36 bits per heavy atom. The number of hydrogen-bond acceptors (Lipinski definition) is 5. The van der Waals surface area contributed by atoms with E-state index < -0.39 is 30.7 Å². The van der Waals surface area contributed by atoms with Crippen LogP contribution in [0, 0.1) is 0 Å². The third-order valence-corrected chi connectivity index (χ3v) is 1.81. The van der Waals surface area contributed by atoms with Gasteiger partial charge in [0.25, 0.3) is 0 Å². The molecule has 66 valence electrons. The molecule has 0 aromatic rings. The van der Waals surface area contributed by atoms with E-state index in [-0.39, 0.29) is 0 Å². The van der Waals surface area contributed by atoms with Gasteiger partial charge in [0.1, 0.15) is 18.3 Å². The largest absolute Gasteiger partial charge is 0.388 e. The molecule has 0 saturated carbocycles. The summed E-state index contributed by atoms with van der Waals surface area (Å²) >= 11 is 0. The molecule has 1 fully saturated rings. The number of aliphatic hydroxyl groups is 4. The van der Waals surface area contributed by atoms with Crippen LogP contribution in [0.4, 0.5) is 0 Å². The van der Waals surface area contributed by atoms with Crippen molar-refractivity contribution in [1.82, 2.24) is 0 Å². The predicted octanol–water partition coefficient (Wildman–Crippen LogP) is -2.19. The first-order valence-electron chi connectivity index (χ1n) is 3.80. The van der Waals surface area contributed by atoms with Gasteiger partial charge in [-0.1, -0.05) is 0 Å². The minimum Gasteiger partial charge on any atom is -0.388 e. The molecule has 1 aliphatic rings. The maximum Gasteiger partial charge on any atom is 0.213 e. The molecule has 0 radical (unpaired) electrons. The lowest BCUT2D eigenvalue weighted by atomic mass is 10.0. The van der Waals surface area contributed by atoms with Crippen LogP contribution in [0.1, 0.15) is 6.92 Å². The molecule has 4 N–H and O–H groups in total. The van der Waals surface area contributed by atoms with E-state index in [1.54, 1.807) is 0 Å². The number of aliphatic hydroxyl groups excluding tert-OH is 4. The molecule has 0 aromatic carbocycles. The van der Waals surface area contributed by atoms with Crippen LogP contribution in [0.3, 0.4) is 0 Å². The zero-order valence-corrected chi connectivity index (χ0v) is 6.04. The quantitative estimate of drug-likeness (QED) is 0.355. The summed E-state index contributed by atoms with van der Waals surface area (Å²) in [5, 5.41) is 31.5. The zero-order chi connectivity index (χ0) is 9.30. The van der Waals surface area contributed by atoms with E-state index in [1.165, 1.54) is 6.92 Å². The summed E-state index contributed by atoms with van der Waals surface area (Å²) in [6.07, 6.45) is -5.71. The summed E-state index contributed by atoms with van der Waals surface area (Å²) < 4.78 is 11.4. The van der Waals surface area contributed by atoms with E-state index >= 15 is 0 Å². The van der Waals surface area contributed by atoms with E-state index in [2.05, 4.69) is 5.11 Å². The lowest BCUT2D eigenvalue weighted by Crippen LogP contribution is -2.56. The highest BCUT2D eigenvalue weighted by atomic mass is 16.6. The highest BCUT2D eigenvalue weighted by molar-refractivity contribution is 4.86. The fraction of sp³-hybridized carbons (Fsp3) is 1.00. The molecule has 1 rings (SSSR count). The molecule has 2 unspecified atom stereocenters. The zero-order valence-electron chi connectivity index (χ0n) is 7.04. The van der Waals surface area contributed by atoms with Crippen LogP contribution < -0.4 is 0 Å². The van der Waals surface area contributed by atoms with Crippen molar-refractivity contribution in [3.63, 3.8) is 0 Å². The Kier molecular flexibility index (Phi) is 2.06. The van der Waals surface area contributed by atoms with Crippen LogP contribution in [-0.2, 0) is 4.74 Å². The van der Waals surface area contributed by atoms with Gasteiger partial charge in [-0.05, 0) is 6.92 Å². The highest BCUT2D eigenvalue weighted by Crippen LogP contribution is 2.18. The maximum atomic E-state index is 9.18. The Labute approximate surface area is 65.3 Å². The first-order valence-corrected chi connectivity index (χ1v) is 3.39. The standard InChI is InChI=1S/C6H12O5/c1-2-3(7)4(8)5(9)6(10)11-2/h2-10H,1H3/t2?,3-,4-,5?,6-/m0/s1/i10T. The second kappa shape index (κ2) is 3.04. The number of hydrogen-bond donors (Lipinski definition) is 4. The van der Waals surface area contributed by atoms with Gasteiger partial charge in [-0.3, -0.25) is 0 Å². The van der Waals surface area contributed by atoms with E-state index in [0.29, 0.717) is 0 Å². The molecule has 0 aromatic heterocycles. The Morgan fingerprint density at radius 2 is 1.82 bits per heavy atom. The Hall–Kier alpha value is -0.200. The first kappa shape index (κ1) is 7.45. The van der Waals surface area contributed by atoms with Crippen molar-refractivity contribution >= 4 is 0 Å². The van der Waals surface area contributed by atoms with Crippen molar-refractivity contribution in [1.29, 1.82) is 1.43 Å². The second-order valence-corrected chi connectivity index (χ2v) is 2.68. The Balaban J connectivity index is 2.63. The van der Waals surface area contributed by atoms with Crippen LogP contribution in [0.25, 0.3) is 0 Å². The minimum absolute atomic E-state index is 0.654. The van der Waals surface area contributed by atoms with Crippen molar-refractivity contribution in [2.24, 2.45) is 0 Å². The minimum atomic E-state index is -1.38. The van der Waals surface area contributed by atoms with Crippen molar-refractivity contribution < 1.29 is 25.2 Å². The van der Waals surface area contributed by atoms with E-state index in [1.807, 2.05) is 0 Å². The third kappa shape index (κ3) is 1.52. The van der Waals surface area contributed by atoms with Crippen LogP contribution >= 0.6 is 0 Å². The summed E-state index contributed by atoms with van der Waals surface area (Å²) in [6.45, 7) is 1.52. The second-order valence-electron chi connectivity index (χ2n) is 2.68. The predicted molar refractivity (Wildman–Crippen MR) is 34.6 cm³/mol. The number of ether oxygens (including phenoxy) is 1. The van der Waals surface area contributed by atoms with Gasteiger partial charge in [-0.25, -0.2) is 0 Å². The van der Waals surface area contributed by atoms with E-state index in [0.717, 1.165) is 0 Å². The smallest absolute Gasteiger partial charge is 0.213 e. The molecule has 1 heterocycles. The van der Waals surface area contributed by atoms with Crippen molar-refractivity contribution in [3.8, 4) is 0 Å². The molecule has 5 atom stereocenters. The molecule has 0 bridgehead atoms. The molecule has 5 heteroatoms.